The van der Waals surface area contributed by atoms with E-state index in [4.69, 9.17) is 0 Å². The number of carbonyl (C=O) groups is 2. The van der Waals surface area contributed by atoms with E-state index in [2.05, 4.69) is 21.6 Å². The minimum absolute atomic E-state index is 0.0908. The zero-order chi connectivity index (χ0) is 18.2. The zero-order valence-corrected chi connectivity index (χ0v) is 16.2. The minimum Gasteiger partial charge on any atom is -0.371 e. The first kappa shape index (κ1) is 19.6. The first-order chi connectivity index (χ1) is 12.0. The number of rotatable bonds is 8. The molecule has 0 bridgehead atoms. The molecule has 2 rings (SSSR count). The van der Waals surface area contributed by atoms with Gasteiger partial charge in [0.15, 0.2) is 0 Å². The van der Waals surface area contributed by atoms with Crippen LogP contribution in [0, 0.1) is 0 Å². The van der Waals surface area contributed by atoms with Gasteiger partial charge in [0.25, 0.3) is 0 Å². The first-order valence-electron chi connectivity index (χ1n) is 9.04. The Labute approximate surface area is 154 Å². The minimum atomic E-state index is -0.498. The van der Waals surface area contributed by atoms with Crippen LogP contribution >= 0.6 is 11.8 Å². The molecular weight excluding hydrogens is 334 g/mol. The monoisotopic (exact) mass is 363 g/mol. The third-order valence-electron chi connectivity index (χ3n) is 4.52. The number of hydrogen-bond acceptors (Lipinski definition) is 4. The second-order valence-electron chi connectivity index (χ2n) is 6.46. The highest BCUT2D eigenvalue weighted by Crippen LogP contribution is 2.23. The Balaban J connectivity index is 2.02. The van der Waals surface area contributed by atoms with E-state index < -0.39 is 6.04 Å². The molecule has 0 aliphatic carbocycles. The molecule has 2 unspecified atom stereocenters. The van der Waals surface area contributed by atoms with Gasteiger partial charge < -0.3 is 15.5 Å². The molecule has 1 heterocycles. The molecule has 1 saturated heterocycles. The highest BCUT2D eigenvalue weighted by molar-refractivity contribution is 7.99. The molecule has 138 valence electrons. The number of hydrogen-bond donors (Lipinski definition) is 2. The van der Waals surface area contributed by atoms with Gasteiger partial charge in [0.1, 0.15) is 6.04 Å². The van der Waals surface area contributed by atoms with E-state index in [-0.39, 0.29) is 17.1 Å². The first-order valence-corrected chi connectivity index (χ1v) is 10.3. The van der Waals surface area contributed by atoms with Crippen molar-refractivity contribution in [1.82, 2.24) is 5.32 Å². The molecule has 0 aromatic heterocycles. The van der Waals surface area contributed by atoms with E-state index in [0.717, 1.165) is 30.9 Å². The SMILES string of the molecule is CCCC(NC(=O)C(C)SC)C(=O)Nc1cccc(N2CCCC2)c1. The predicted octanol–water partition coefficient (Wildman–Crippen LogP) is 3.26. The van der Waals surface area contributed by atoms with Gasteiger partial charge in [-0.3, -0.25) is 9.59 Å². The van der Waals surface area contributed by atoms with Crippen LogP contribution in [0.25, 0.3) is 0 Å². The third kappa shape index (κ3) is 5.66. The van der Waals surface area contributed by atoms with Crippen molar-refractivity contribution in [1.29, 1.82) is 0 Å². The van der Waals surface area contributed by atoms with E-state index in [1.807, 2.05) is 38.3 Å². The van der Waals surface area contributed by atoms with Crippen molar-refractivity contribution in [3.63, 3.8) is 0 Å². The summed E-state index contributed by atoms with van der Waals surface area (Å²) in [4.78, 5) is 27.1. The molecule has 6 heteroatoms. The summed E-state index contributed by atoms with van der Waals surface area (Å²) in [5.41, 5.74) is 1.92. The molecule has 1 fully saturated rings. The van der Waals surface area contributed by atoms with E-state index in [1.165, 1.54) is 24.6 Å². The third-order valence-corrected chi connectivity index (χ3v) is 5.44. The van der Waals surface area contributed by atoms with Crippen molar-refractivity contribution in [2.45, 2.75) is 50.8 Å². The standard InChI is InChI=1S/C19H29N3O2S/c1-4-8-17(21-18(23)14(2)25-3)19(24)20-15-9-7-10-16(13-15)22-11-5-6-12-22/h7,9-10,13-14,17H,4-6,8,11-12H2,1-3H3,(H,20,24)(H,21,23). The van der Waals surface area contributed by atoms with Crippen molar-refractivity contribution in [2.24, 2.45) is 0 Å². The summed E-state index contributed by atoms with van der Waals surface area (Å²) in [6.07, 6.45) is 5.79. The molecule has 25 heavy (non-hydrogen) atoms. The second kappa shape index (κ2) is 9.70. The summed E-state index contributed by atoms with van der Waals surface area (Å²) in [6.45, 7) is 6.00. The van der Waals surface area contributed by atoms with Crippen molar-refractivity contribution >= 4 is 35.0 Å². The lowest BCUT2D eigenvalue weighted by atomic mass is 10.1. The van der Waals surface area contributed by atoms with Gasteiger partial charge in [0.2, 0.25) is 11.8 Å². The van der Waals surface area contributed by atoms with Gasteiger partial charge in [0.05, 0.1) is 5.25 Å². The van der Waals surface area contributed by atoms with Gasteiger partial charge in [-0.25, -0.2) is 0 Å². The topological polar surface area (TPSA) is 61.4 Å². The van der Waals surface area contributed by atoms with Crippen LogP contribution in [0.5, 0.6) is 0 Å². The van der Waals surface area contributed by atoms with Crippen LogP contribution in [0.1, 0.15) is 39.5 Å². The summed E-state index contributed by atoms with van der Waals surface area (Å²) in [5.74, 6) is -0.242. The van der Waals surface area contributed by atoms with Crippen LogP contribution in [0.3, 0.4) is 0 Å². The Bertz CT molecular complexity index is 588. The molecule has 2 N–H and O–H groups in total. The summed E-state index contributed by atoms with van der Waals surface area (Å²) < 4.78 is 0. The summed E-state index contributed by atoms with van der Waals surface area (Å²) >= 11 is 1.48. The number of benzene rings is 1. The Morgan fingerprint density at radius 3 is 2.60 bits per heavy atom. The smallest absolute Gasteiger partial charge is 0.246 e. The fraction of sp³-hybridized carbons (Fsp3) is 0.579. The van der Waals surface area contributed by atoms with Gasteiger partial charge in [-0.15, -0.1) is 0 Å². The van der Waals surface area contributed by atoms with E-state index in [1.54, 1.807) is 0 Å². The fourth-order valence-corrected chi connectivity index (χ4v) is 3.22. The molecule has 1 aromatic carbocycles. The summed E-state index contributed by atoms with van der Waals surface area (Å²) in [5, 5.41) is 5.68. The molecule has 0 spiro atoms. The molecule has 5 nitrogen and oxygen atoms in total. The fourth-order valence-electron chi connectivity index (χ4n) is 2.94. The van der Waals surface area contributed by atoms with Gasteiger partial charge in [-0.1, -0.05) is 19.4 Å². The highest BCUT2D eigenvalue weighted by Gasteiger charge is 2.22. The largest absolute Gasteiger partial charge is 0.371 e. The maximum Gasteiger partial charge on any atom is 0.246 e. The molecule has 2 amide bonds. The van der Waals surface area contributed by atoms with Gasteiger partial charge >= 0.3 is 0 Å². The Hall–Kier alpha value is -1.69. The Morgan fingerprint density at radius 1 is 1.24 bits per heavy atom. The number of carbonyl (C=O) groups excluding carboxylic acids is 2. The number of nitrogens with one attached hydrogen (secondary N) is 2. The maximum atomic E-state index is 12.6. The summed E-state index contributed by atoms with van der Waals surface area (Å²) in [6, 6.07) is 7.45. The molecule has 1 aromatic rings. The van der Waals surface area contributed by atoms with Crippen LogP contribution in [0.2, 0.25) is 0 Å². The number of anilines is 2. The average molecular weight is 364 g/mol. The quantitative estimate of drug-likeness (QED) is 0.744. The zero-order valence-electron chi connectivity index (χ0n) is 15.4. The van der Waals surface area contributed by atoms with Gasteiger partial charge in [0, 0.05) is 24.5 Å². The van der Waals surface area contributed by atoms with Gasteiger partial charge in [-0.05, 0) is 50.6 Å². The lowest BCUT2D eigenvalue weighted by molar-refractivity contribution is -0.126. The molecule has 2 atom stereocenters. The van der Waals surface area contributed by atoms with E-state index in [0.29, 0.717) is 6.42 Å². The highest BCUT2D eigenvalue weighted by atomic mass is 32.2. The number of amides is 2. The molecule has 0 radical (unpaired) electrons. The van der Waals surface area contributed by atoms with Crippen molar-refractivity contribution in [3.8, 4) is 0 Å². The molecule has 1 aliphatic heterocycles. The van der Waals surface area contributed by atoms with Crippen LogP contribution in [0.15, 0.2) is 24.3 Å². The maximum absolute atomic E-state index is 12.6. The lowest BCUT2D eigenvalue weighted by Crippen LogP contribution is -2.46. The van der Waals surface area contributed by atoms with Crippen molar-refractivity contribution < 1.29 is 9.59 Å². The second-order valence-corrected chi connectivity index (χ2v) is 7.64. The molecule has 1 aliphatic rings. The Morgan fingerprint density at radius 2 is 1.96 bits per heavy atom. The van der Waals surface area contributed by atoms with Crippen LogP contribution in [0.4, 0.5) is 11.4 Å². The predicted molar refractivity (Wildman–Crippen MR) is 106 cm³/mol. The van der Waals surface area contributed by atoms with E-state index in [9.17, 15) is 9.59 Å². The number of thioether (sulfide) groups is 1. The van der Waals surface area contributed by atoms with Crippen LogP contribution in [-0.2, 0) is 9.59 Å². The van der Waals surface area contributed by atoms with Crippen molar-refractivity contribution in [2.75, 3.05) is 29.6 Å². The van der Waals surface area contributed by atoms with Crippen LogP contribution < -0.4 is 15.5 Å². The lowest BCUT2D eigenvalue weighted by Gasteiger charge is -2.21. The number of nitrogens with zero attached hydrogens (tertiary/aromatic N) is 1. The van der Waals surface area contributed by atoms with Crippen LogP contribution in [-0.4, -0.2) is 42.5 Å². The normalized spacial score (nSPS) is 16.4. The Kier molecular flexibility index (Phi) is 7.62. The average Bonchev–Trinajstić information content (AvgIpc) is 3.15. The summed E-state index contributed by atoms with van der Waals surface area (Å²) in [7, 11) is 0. The molecule has 0 saturated carbocycles. The van der Waals surface area contributed by atoms with Gasteiger partial charge in [-0.2, -0.15) is 11.8 Å². The molecular formula is C19H29N3O2S. The van der Waals surface area contributed by atoms with E-state index >= 15 is 0 Å². The van der Waals surface area contributed by atoms with Crippen molar-refractivity contribution in [3.05, 3.63) is 24.3 Å².